The summed E-state index contributed by atoms with van der Waals surface area (Å²) in [6.45, 7) is 3.00. The van der Waals surface area contributed by atoms with Crippen LogP contribution < -0.4 is 9.47 Å². The van der Waals surface area contributed by atoms with Crippen molar-refractivity contribution in [3.05, 3.63) is 53.4 Å². The van der Waals surface area contributed by atoms with Gasteiger partial charge in [-0.1, -0.05) is 23.7 Å². The van der Waals surface area contributed by atoms with Crippen molar-refractivity contribution >= 4 is 21.6 Å². The van der Waals surface area contributed by atoms with Crippen molar-refractivity contribution in [2.45, 2.75) is 30.6 Å². The van der Waals surface area contributed by atoms with E-state index in [9.17, 15) is 8.42 Å². The molecule has 8 nitrogen and oxygen atoms in total. The number of piperidine rings is 1. The first-order valence-electron chi connectivity index (χ1n) is 10.3. The Kier molecular flexibility index (Phi) is 6.68. The smallest absolute Gasteiger partial charge is 0.251 e. The highest BCUT2D eigenvalue weighted by molar-refractivity contribution is 7.89. The highest BCUT2D eigenvalue weighted by Crippen LogP contribution is 2.35. The van der Waals surface area contributed by atoms with Gasteiger partial charge in [0.05, 0.1) is 29.2 Å². The third kappa shape index (κ3) is 4.46. The van der Waals surface area contributed by atoms with Gasteiger partial charge in [-0.15, -0.1) is 10.2 Å². The molecule has 170 valence electrons. The lowest BCUT2D eigenvalue weighted by Crippen LogP contribution is -2.38. The first-order valence-corrected chi connectivity index (χ1v) is 12.1. The molecule has 0 aliphatic carbocycles. The van der Waals surface area contributed by atoms with Crippen LogP contribution in [0.25, 0.3) is 11.5 Å². The maximum Gasteiger partial charge on any atom is 0.251 e. The van der Waals surface area contributed by atoms with Crippen molar-refractivity contribution < 1.29 is 22.3 Å². The van der Waals surface area contributed by atoms with Crippen molar-refractivity contribution in [2.75, 3.05) is 26.8 Å². The summed E-state index contributed by atoms with van der Waals surface area (Å²) < 4.78 is 44.3. The zero-order chi connectivity index (χ0) is 22.7. The number of aromatic nitrogens is 2. The van der Waals surface area contributed by atoms with Crippen molar-refractivity contribution in [3.8, 4) is 23.0 Å². The molecule has 2 aromatic carbocycles. The van der Waals surface area contributed by atoms with Crippen LogP contribution in [0.4, 0.5) is 0 Å². The second kappa shape index (κ2) is 9.48. The Hall–Kier alpha value is -2.62. The zero-order valence-electron chi connectivity index (χ0n) is 17.8. The van der Waals surface area contributed by atoms with Gasteiger partial charge in [-0.2, -0.15) is 4.31 Å². The molecule has 0 amide bonds. The molecule has 0 bridgehead atoms. The molecule has 3 aromatic rings. The largest absolute Gasteiger partial charge is 0.496 e. The molecule has 4 rings (SSSR count). The Labute approximate surface area is 192 Å². The van der Waals surface area contributed by atoms with Crippen LogP contribution in [0.15, 0.2) is 51.8 Å². The first kappa shape index (κ1) is 22.6. The van der Waals surface area contributed by atoms with E-state index >= 15 is 0 Å². The second-order valence-electron chi connectivity index (χ2n) is 7.35. The number of benzene rings is 2. The van der Waals surface area contributed by atoms with E-state index in [1.807, 2.05) is 31.2 Å². The normalized spacial score (nSPS) is 15.6. The van der Waals surface area contributed by atoms with Gasteiger partial charge in [0.1, 0.15) is 11.5 Å². The number of halogens is 1. The van der Waals surface area contributed by atoms with Crippen LogP contribution in [-0.2, 0) is 10.0 Å². The number of hydrogen-bond acceptors (Lipinski definition) is 7. The minimum atomic E-state index is -3.66. The predicted molar refractivity (Wildman–Crippen MR) is 120 cm³/mol. The molecule has 10 heteroatoms. The molecular formula is C22H24ClN3O5S. The SMILES string of the molecule is CCOc1ccc(S(=O)(=O)N2CCC(c3nnc(-c4ccccc4OC)o3)CC2)cc1Cl. The molecule has 1 aliphatic heterocycles. The van der Waals surface area contributed by atoms with Crippen LogP contribution >= 0.6 is 11.6 Å². The van der Waals surface area contributed by atoms with Crippen LogP contribution in [-0.4, -0.2) is 49.7 Å². The fourth-order valence-corrected chi connectivity index (χ4v) is 5.53. The summed E-state index contributed by atoms with van der Waals surface area (Å²) in [7, 11) is -2.07. The van der Waals surface area contributed by atoms with E-state index in [-0.39, 0.29) is 15.8 Å². The van der Waals surface area contributed by atoms with Gasteiger partial charge in [-0.05, 0) is 50.1 Å². The number of ether oxygens (including phenoxy) is 2. The van der Waals surface area contributed by atoms with Gasteiger partial charge in [0.15, 0.2) is 0 Å². The van der Waals surface area contributed by atoms with Crippen LogP contribution in [0, 0.1) is 0 Å². The van der Waals surface area contributed by atoms with E-state index < -0.39 is 10.0 Å². The van der Waals surface area contributed by atoms with Crippen molar-refractivity contribution in [3.63, 3.8) is 0 Å². The second-order valence-corrected chi connectivity index (χ2v) is 9.69. The summed E-state index contributed by atoms with van der Waals surface area (Å²) in [6.07, 6.45) is 1.16. The average molecular weight is 478 g/mol. The Morgan fingerprint density at radius 3 is 2.56 bits per heavy atom. The van der Waals surface area contributed by atoms with Gasteiger partial charge in [-0.25, -0.2) is 8.42 Å². The maximum absolute atomic E-state index is 13.1. The van der Waals surface area contributed by atoms with E-state index in [0.29, 0.717) is 55.8 Å². The summed E-state index contributed by atoms with van der Waals surface area (Å²) in [4.78, 5) is 0.153. The lowest BCUT2D eigenvalue weighted by Gasteiger charge is -2.29. The molecule has 32 heavy (non-hydrogen) atoms. The number of hydrogen-bond donors (Lipinski definition) is 0. The molecule has 1 aromatic heterocycles. The lowest BCUT2D eigenvalue weighted by molar-refractivity contribution is 0.291. The topological polar surface area (TPSA) is 94.8 Å². The van der Waals surface area contributed by atoms with Gasteiger partial charge in [0, 0.05) is 19.0 Å². The monoisotopic (exact) mass is 477 g/mol. The first-order chi connectivity index (χ1) is 15.4. The molecule has 1 aliphatic rings. The fraction of sp³-hybridized carbons (Fsp3) is 0.364. The molecule has 0 spiro atoms. The molecule has 0 atom stereocenters. The van der Waals surface area contributed by atoms with Gasteiger partial charge < -0.3 is 13.9 Å². The molecule has 0 N–H and O–H groups in total. The van der Waals surface area contributed by atoms with Crippen LogP contribution in [0.3, 0.4) is 0 Å². The highest BCUT2D eigenvalue weighted by Gasteiger charge is 2.32. The summed E-state index contributed by atoms with van der Waals surface area (Å²) in [6, 6.07) is 12.0. The molecule has 2 heterocycles. The summed E-state index contributed by atoms with van der Waals surface area (Å²) >= 11 is 6.19. The molecule has 1 saturated heterocycles. The maximum atomic E-state index is 13.1. The van der Waals surface area contributed by atoms with Crippen molar-refractivity contribution in [1.82, 2.24) is 14.5 Å². The third-order valence-electron chi connectivity index (χ3n) is 5.42. The Balaban J connectivity index is 1.45. The Morgan fingerprint density at radius 1 is 1.12 bits per heavy atom. The minimum absolute atomic E-state index is 0.0127. The molecule has 0 radical (unpaired) electrons. The number of sulfonamides is 1. The van der Waals surface area contributed by atoms with Crippen molar-refractivity contribution in [1.29, 1.82) is 0 Å². The van der Waals surface area contributed by atoms with E-state index in [4.69, 9.17) is 25.5 Å². The summed E-state index contributed by atoms with van der Waals surface area (Å²) in [5.74, 6) is 2.00. The average Bonchev–Trinajstić information content (AvgIpc) is 3.30. The molecule has 0 saturated carbocycles. The summed E-state index contributed by atoms with van der Waals surface area (Å²) in [5.41, 5.74) is 0.723. The predicted octanol–water partition coefficient (Wildman–Crippen LogP) is 4.37. The highest BCUT2D eigenvalue weighted by atomic mass is 35.5. The molecular weight excluding hydrogens is 454 g/mol. The minimum Gasteiger partial charge on any atom is -0.496 e. The third-order valence-corrected chi connectivity index (χ3v) is 7.61. The van der Waals surface area contributed by atoms with Crippen LogP contribution in [0.1, 0.15) is 31.6 Å². The van der Waals surface area contributed by atoms with E-state index in [2.05, 4.69) is 10.2 Å². The van der Waals surface area contributed by atoms with Crippen LogP contribution in [0.5, 0.6) is 11.5 Å². The quantitative estimate of drug-likeness (QED) is 0.498. The zero-order valence-corrected chi connectivity index (χ0v) is 19.4. The van der Waals surface area contributed by atoms with Gasteiger partial charge >= 0.3 is 0 Å². The fourth-order valence-electron chi connectivity index (χ4n) is 3.74. The van der Waals surface area contributed by atoms with Gasteiger partial charge in [0.2, 0.25) is 15.9 Å². The van der Waals surface area contributed by atoms with E-state index in [1.54, 1.807) is 13.2 Å². The number of nitrogens with zero attached hydrogens (tertiary/aromatic N) is 3. The van der Waals surface area contributed by atoms with E-state index in [1.165, 1.54) is 16.4 Å². The van der Waals surface area contributed by atoms with Gasteiger partial charge in [-0.3, -0.25) is 0 Å². The van der Waals surface area contributed by atoms with Crippen LogP contribution in [0.2, 0.25) is 5.02 Å². The lowest BCUT2D eigenvalue weighted by atomic mass is 9.98. The molecule has 1 fully saturated rings. The number of rotatable bonds is 7. The Morgan fingerprint density at radius 2 is 1.88 bits per heavy atom. The van der Waals surface area contributed by atoms with Gasteiger partial charge in [0.25, 0.3) is 5.89 Å². The molecule has 0 unspecified atom stereocenters. The van der Waals surface area contributed by atoms with Crippen molar-refractivity contribution in [2.24, 2.45) is 0 Å². The standard InChI is InChI=1S/C22H24ClN3O5S/c1-3-30-20-9-8-16(14-18(20)23)32(27,28)26-12-10-15(11-13-26)21-24-25-22(31-21)17-6-4-5-7-19(17)29-2/h4-9,14-15H,3,10-13H2,1-2H3. The number of para-hydroxylation sites is 1. The van der Waals surface area contributed by atoms with E-state index in [0.717, 1.165) is 5.56 Å². The Bertz CT molecular complexity index is 1190. The number of methoxy groups -OCH3 is 1. The summed E-state index contributed by atoms with van der Waals surface area (Å²) in [5, 5.41) is 8.64.